The Bertz CT molecular complexity index is 742. The number of dihydropyridines is 1. The van der Waals surface area contributed by atoms with E-state index in [1.54, 1.807) is 11.9 Å². The Morgan fingerprint density at radius 3 is 2.41 bits per heavy atom. The lowest BCUT2D eigenvalue weighted by molar-refractivity contribution is 0.596. The molecule has 3 aliphatic rings. The molecule has 3 N–H and O–H groups in total. The topological polar surface area (TPSA) is 36.1 Å². The van der Waals surface area contributed by atoms with E-state index in [1.807, 2.05) is 33.9 Å². The molecule has 3 nitrogen and oxygen atoms in total. The summed E-state index contributed by atoms with van der Waals surface area (Å²) in [4.78, 5) is 1.36. The zero-order chi connectivity index (χ0) is 19.5. The summed E-state index contributed by atoms with van der Waals surface area (Å²) in [7, 11) is 0. The molecule has 0 aromatic heterocycles. The van der Waals surface area contributed by atoms with Crippen LogP contribution in [0.15, 0.2) is 83.2 Å². The number of hydrogen-bond acceptors (Lipinski definition) is 4. The molecule has 0 spiro atoms. The second kappa shape index (κ2) is 11.4. The van der Waals surface area contributed by atoms with Gasteiger partial charge in [-0.05, 0) is 59.9 Å². The van der Waals surface area contributed by atoms with Crippen LogP contribution in [0.4, 0.5) is 0 Å². The first kappa shape index (κ1) is 21.0. The summed E-state index contributed by atoms with van der Waals surface area (Å²) in [6, 6.07) is 10.6. The van der Waals surface area contributed by atoms with Gasteiger partial charge in [-0.2, -0.15) is 0 Å². The van der Waals surface area contributed by atoms with E-state index < -0.39 is 0 Å². The lowest BCUT2D eigenvalue weighted by atomic mass is 9.97. The van der Waals surface area contributed by atoms with E-state index in [2.05, 4.69) is 76.1 Å². The van der Waals surface area contributed by atoms with Gasteiger partial charge in [-0.1, -0.05) is 76.3 Å². The summed E-state index contributed by atoms with van der Waals surface area (Å²) in [5.41, 5.74) is 4.02. The molecule has 0 saturated carbocycles. The standard InChI is InChI=1S/C19H19N3S.2C2H6/c1-2-4-14(5-3-1)15-6-9-17(10-7-15)23-22-18-11-8-16-12-13-20-19(16)21-18;2*1-2/h1-6,8-9,11-13,19-22H,7,10H2;2*1-2H3. The summed E-state index contributed by atoms with van der Waals surface area (Å²) in [6.45, 7) is 8.00. The van der Waals surface area contributed by atoms with Gasteiger partial charge in [0.1, 0.15) is 12.0 Å². The summed E-state index contributed by atoms with van der Waals surface area (Å²) >= 11 is 1.69. The van der Waals surface area contributed by atoms with Crippen molar-refractivity contribution in [1.29, 1.82) is 0 Å². The third-order valence-electron chi connectivity index (χ3n) is 4.16. The first-order chi connectivity index (χ1) is 13.4. The second-order valence-electron chi connectivity index (χ2n) is 5.72. The molecule has 2 aliphatic heterocycles. The summed E-state index contributed by atoms with van der Waals surface area (Å²) in [5.74, 6) is 1.04. The van der Waals surface area contributed by atoms with Crippen molar-refractivity contribution >= 4 is 17.5 Å². The quantitative estimate of drug-likeness (QED) is 0.572. The molecule has 0 amide bonds. The fraction of sp³-hybridized carbons (Fsp3) is 0.304. The van der Waals surface area contributed by atoms with E-state index in [0.29, 0.717) is 0 Å². The molecule has 0 fully saturated rings. The predicted octanol–water partition coefficient (Wildman–Crippen LogP) is 5.85. The molecule has 144 valence electrons. The molecule has 4 rings (SSSR count). The van der Waals surface area contributed by atoms with Crippen LogP contribution >= 0.6 is 11.9 Å². The summed E-state index contributed by atoms with van der Waals surface area (Å²) in [5, 5.41) is 6.71. The summed E-state index contributed by atoms with van der Waals surface area (Å²) < 4.78 is 3.42. The van der Waals surface area contributed by atoms with Crippen LogP contribution in [0.25, 0.3) is 5.57 Å². The van der Waals surface area contributed by atoms with E-state index in [0.717, 1.165) is 18.7 Å². The Morgan fingerprint density at radius 2 is 1.70 bits per heavy atom. The molecule has 0 radical (unpaired) electrons. The SMILES string of the molecule is C1=CC2=CC=C(NSC3=CC=C(c4ccccc4)CC3)NC2N1.CC.CC. The molecular weight excluding hydrogens is 350 g/mol. The molecular formula is C23H31N3S. The number of hydrogen-bond donors (Lipinski definition) is 3. The average molecular weight is 382 g/mol. The number of nitrogens with one attached hydrogen (secondary N) is 3. The zero-order valence-electron chi connectivity index (χ0n) is 16.8. The molecule has 1 atom stereocenters. The maximum atomic E-state index is 3.43. The van der Waals surface area contributed by atoms with Crippen molar-refractivity contribution in [2.45, 2.75) is 46.7 Å². The smallest absolute Gasteiger partial charge is 0.124 e. The van der Waals surface area contributed by atoms with Crippen molar-refractivity contribution in [2.75, 3.05) is 0 Å². The third-order valence-corrected chi connectivity index (χ3v) is 5.09. The second-order valence-corrected chi connectivity index (χ2v) is 6.65. The van der Waals surface area contributed by atoms with Gasteiger partial charge in [0.05, 0.1) is 0 Å². The van der Waals surface area contributed by atoms with Crippen molar-refractivity contribution in [3.05, 3.63) is 88.8 Å². The maximum Gasteiger partial charge on any atom is 0.124 e. The molecule has 2 heterocycles. The van der Waals surface area contributed by atoms with Gasteiger partial charge in [0.15, 0.2) is 0 Å². The molecule has 1 aromatic rings. The highest BCUT2D eigenvalue weighted by Crippen LogP contribution is 2.31. The van der Waals surface area contributed by atoms with Gasteiger partial charge in [0.25, 0.3) is 0 Å². The lowest BCUT2D eigenvalue weighted by Crippen LogP contribution is -2.41. The highest BCUT2D eigenvalue weighted by molar-refractivity contribution is 8.01. The van der Waals surface area contributed by atoms with E-state index in [4.69, 9.17) is 0 Å². The maximum absolute atomic E-state index is 3.43. The van der Waals surface area contributed by atoms with E-state index in [-0.39, 0.29) is 6.17 Å². The van der Waals surface area contributed by atoms with Crippen LogP contribution in [0.1, 0.15) is 46.1 Å². The van der Waals surface area contributed by atoms with Crippen LogP contribution in [-0.2, 0) is 0 Å². The number of fused-ring (bicyclic) bond motifs is 1. The predicted molar refractivity (Wildman–Crippen MR) is 121 cm³/mol. The monoisotopic (exact) mass is 381 g/mol. The number of allylic oxidation sites excluding steroid dienone is 6. The van der Waals surface area contributed by atoms with E-state index in [9.17, 15) is 0 Å². The lowest BCUT2D eigenvalue weighted by Gasteiger charge is -2.23. The Kier molecular flexibility index (Phi) is 8.85. The minimum Gasteiger partial charge on any atom is -0.368 e. The van der Waals surface area contributed by atoms with Crippen LogP contribution in [-0.4, -0.2) is 6.17 Å². The molecule has 0 saturated heterocycles. The Balaban J connectivity index is 0.000000614. The first-order valence-electron chi connectivity index (χ1n) is 9.87. The number of benzene rings is 1. The molecule has 1 aromatic carbocycles. The van der Waals surface area contributed by atoms with Gasteiger partial charge in [0, 0.05) is 4.91 Å². The first-order valence-corrected chi connectivity index (χ1v) is 10.7. The highest BCUT2D eigenvalue weighted by Gasteiger charge is 2.19. The number of rotatable bonds is 4. The van der Waals surface area contributed by atoms with Crippen LogP contribution in [0.2, 0.25) is 0 Å². The van der Waals surface area contributed by atoms with E-state index >= 15 is 0 Å². The van der Waals surface area contributed by atoms with Gasteiger partial charge < -0.3 is 15.4 Å². The minimum absolute atomic E-state index is 0.202. The van der Waals surface area contributed by atoms with Gasteiger partial charge in [0.2, 0.25) is 0 Å². The van der Waals surface area contributed by atoms with Gasteiger partial charge in [-0.15, -0.1) is 0 Å². The fourth-order valence-electron chi connectivity index (χ4n) is 2.87. The largest absolute Gasteiger partial charge is 0.368 e. The van der Waals surface area contributed by atoms with Crippen molar-refractivity contribution < 1.29 is 0 Å². The van der Waals surface area contributed by atoms with Crippen LogP contribution in [0, 0.1) is 0 Å². The Hall–Kier alpha value is -2.33. The summed E-state index contributed by atoms with van der Waals surface area (Å²) in [6.07, 6.45) is 15.1. The molecule has 1 aliphatic carbocycles. The van der Waals surface area contributed by atoms with Gasteiger partial charge in [-0.25, -0.2) is 0 Å². The van der Waals surface area contributed by atoms with Crippen molar-refractivity contribution in [1.82, 2.24) is 15.4 Å². The highest BCUT2D eigenvalue weighted by atomic mass is 32.2. The fourth-order valence-corrected chi connectivity index (χ4v) is 3.58. The van der Waals surface area contributed by atoms with Crippen LogP contribution in [0.5, 0.6) is 0 Å². The third kappa shape index (κ3) is 5.83. The van der Waals surface area contributed by atoms with E-state index in [1.165, 1.54) is 21.6 Å². The minimum atomic E-state index is 0.202. The Labute approximate surface area is 168 Å². The van der Waals surface area contributed by atoms with Crippen LogP contribution < -0.4 is 15.4 Å². The normalized spacial score (nSPS) is 19.2. The zero-order valence-corrected chi connectivity index (χ0v) is 17.6. The molecule has 27 heavy (non-hydrogen) atoms. The van der Waals surface area contributed by atoms with Gasteiger partial charge in [-0.3, -0.25) is 0 Å². The van der Waals surface area contributed by atoms with Gasteiger partial charge >= 0.3 is 0 Å². The molecule has 0 bridgehead atoms. The van der Waals surface area contributed by atoms with Crippen molar-refractivity contribution in [3.63, 3.8) is 0 Å². The molecule has 4 heteroatoms. The van der Waals surface area contributed by atoms with Crippen LogP contribution in [0.3, 0.4) is 0 Å². The molecule has 1 unspecified atom stereocenters. The Morgan fingerprint density at radius 1 is 0.926 bits per heavy atom. The van der Waals surface area contributed by atoms with Crippen molar-refractivity contribution in [3.8, 4) is 0 Å². The average Bonchev–Trinajstić information content (AvgIpc) is 3.24. The van der Waals surface area contributed by atoms with Crippen molar-refractivity contribution in [2.24, 2.45) is 0 Å².